The summed E-state index contributed by atoms with van der Waals surface area (Å²) in [5.41, 5.74) is 0.0548. The number of halogens is 2. The van der Waals surface area contributed by atoms with E-state index in [9.17, 15) is 14.9 Å². The maximum absolute atomic E-state index is 10.7. The number of rotatable bonds is 2. The molecule has 0 atom stereocenters. The summed E-state index contributed by atoms with van der Waals surface area (Å²) in [7, 11) is 9.75. The van der Waals surface area contributed by atoms with Crippen molar-refractivity contribution >= 4 is 41.4 Å². The van der Waals surface area contributed by atoms with Gasteiger partial charge in [0.25, 0.3) is 5.69 Å². The van der Waals surface area contributed by atoms with E-state index in [4.69, 9.17) is 23.9 Å². The van der Waals surface area contributed by atoms with Crippen LogP contribution in [0.25, 0.3) is 23.2 Å². The zero-order valence-electron chi connectivity index (χ0n) is 10.2. The van der Waals surface area contributed by atoms with Gasteiger partial charge in [0, 0.05) is 11.5 Å². The van der Waals surface area contributed by atoms with E-state index >= 15 is 0 Å². The average Bonchev–Trinajstić information content (AvgIpc) is 2.73. The number of carboxylic acid groups (broad SMARTS) is 1. The number of H-pyrrole nitrogens is 1. The minimum Gasteiger partial charge on any atom is -0.693 e. The van der Waals surface area contributed by atoms with Crippen molar-refractivity contribution in [2.45, 2.75) is 0 Å². The number of para-hydroxylation sites is 1. The number of benzene rings is 1. The van der Waals surface area contributed by atoms with Crippen molar-refractivity contribution in [3.8, 4) is 0 Å². The van der Waals surface area contributed by atoms with Crippen LogP contribution in [0, 0.1) is 10.1 Å². The molecule has 21 heavy (non-hydrogen) atoms. The first-order chi connectivity index (χ1) is 8.51. The van der Waals surface area contributed by atoms with Gasteiger partial charge in [-0.3, -0.25) is 10.1 Å². The monoisotopic (exact) mass is 521 g/mol. The molecule has 122 valence electrons. The summed E-state index contributed by atoms with van der Waals surface area (Å²) in [6.07, 6.45) is 0. The second-order valence-corrected chi connectivity index (χ2v) is 6.31. The van der Waals surface area contributed by atoms with Crippen molar-refractivity contribution in [3.63, 3.8) is 0 Å². The standard InChI is InChI=1S/C9H6N2O4.2ClH.2H2N.H2O.Pt/c12-9(13)6-4-5-2-1-3-7(11(14)15)8(5)10-6;;;;;;/h1-4,10H,(H,12,13);2*1H;3*1H2;/q;;;2*-1;;+4/p-2. The zero-order chi connectivity index (χ0) is 13.7. The number of nitrogens with zero attached hydrogens (tertiary/aromatic N) is 1. The number of aromatic carboxylic acids is 1. The number of fused-ring (bicyclic) bond motifs is 1. The van der Waals surface area contributed by atoms with Gasteiger partial charge in [0.2, 0.25) is 0 Å². The molecular formula is C9H12Cl2N4O5Pt. The van der Waals surface area contributed by atoms with E-state index in [1.54, 1.807) is 6.07 Å². The van der Waals surface area contributed by atoms with Gasteiger partial charge in [-0.25, -0.2) is 4.79 Å². The number of aromatic nitrogens is 1. The van der Waals surface area contributed by atoms with Crippen LogP contribution in [0.4, 0.5) is 5.69 Å². The van der Waals surface area contributed by atoms with Gasteiger partial charge in [0.05, 0.1) is 4.92 Å². The first kappa shape index (κ1) is 24.8. The number of carboxylic acids is 1. The molecule has 2 rings (SSSR count). The van der Waals surface area contributed by atoms with Crippen molar-refractivity contribution < 1.29 is 36.8 Å². The Kier molecular flexibility index (Phi) is 13.5. The Balaban J connectivity index is -0.000000500. The normalized spacial score (nSPS) is 8.48. The van der Waals surface area contributed by atoms with E-state index < -0.39 is 27.4 Å². The maximum atomic E-state index is 10.7. The summed E-state index contributed by atoms with van der Waals surface area (Å²) < 4.78 is 0. The molecule has 0 saturated heterocycles. The summed E-state index contributed by atoms with van der Waals surface area (Å²) in [5.74, 6) is -1.14. The molecule has 2 aromatic rings. The van der Waals surface area contributed by atoms with Crippen LogP contribution in [0.3, 0.4) is 0 Å². The van der Waals surface area contributed by atoms with Gasteiger partial charge in [-0.2, -0.15) is 0 Å². The molecule has 8 N–H and O–H groups in total. The molecule has 0 bridgehead atoms. The molecule has 0 aliphatic carbocycles. The van der Waals surface area contributed by atoms with Crippen molar-refractivity contribution in [1.29, 1.82) is 0 Å². The summed E-state index contributed by atoms with van der Waals surface area (Å²) in [5, 5.41) is 19.9. The summed E-state index contributed by atoms with van der Waals surface area (Å²) >= 11 is -0.472. The molecule has 0 aliphatic rings. The van der Waals surface area contributed by atoms with Crippen LogP contribution in [-0.2, 0) is 16.5 Å². The molecule has 0 aliphatic heterocycles. The van der Waals surface area contributed by atoms with Gasteiger partial charge < -0.3 is 27.9 Å². The van der Waals surface area contributed by atoms with Crippen molar-refractivity contribution in [2.24, 2.45) is 0 Å². The number of nitrogens with one attached hydrogen (secondary N) is 1. The van der Waals surface area contributed by atoms with Gasteiger partial charge in [0.1, 0.15) is 11.2 Å². The van der Waals surface area contributed by atoms with Gasteiger partial charge in [-0.05, 0) is 6.07 Å². The fourth-order valence-corrected chi connectivity index (χ4v) is 1.41. The first-order valence-corrected chi connectivity index (χ1v) is 9.96. The Morgan fingerprint density at radius 3 is 2.29 bits per heavy atom. The molecule has 0 spiro atoms. The molecule has 0 radical (unpaired) electrons. The second-order valence-electron chi connectivity index (χ2n) is 3.03. The van der Waals surface area contributed by atoms with Crippen molar-refractivity contribution in [3.05, 3.63) is 52.4 Å². The van der Waals surface area contributed by atoms with E-state index in [2.05, 4.69) is 4.98 Å². The smallest absolute Gasteiger partial charge is 0.693 e. The molecule has 0 amide bonds. The van der Waals surface area contributed by atoms with E-state index in [-0.39, 0.29) is 34.7 Å². The van der Waals surface area contributed by atoms with Crippen molar-refractivity contribution in [2.75, 3.05) is 0 Å². The topological polar surface area (TPSA) is 195 Å². The second kappa shape index (κ2) is 11.4. The molecule has 1 aromatic heterocycles. The quantitative estimate of drug-likeness (QED) is 0.448. The molecular weight excluding hydrogens is 510 g/mol. The van der Waals surface area contributed by atoms with E-state index in [1.165, 1.54) is 18.2 Å². The van der Waals surface area contributed by atoms with E-state index in [0.29, 0.717) is 5.39 Å². The Labute approximate surface area is 135 Å². The minimum absolute atomic E-state index is 0. The Hall–Kier alpha value is -1.22. The Bertz CT molecular complexity index is 595. The van der Waals surface area contributed by atoms with Crippen LogP contribution in [0.2, 0.25) is 0 Å². The number of nitrogens with two attached hydrogens (primary N) is 2. The third-order valence-corrected chi connectivity index (χ3v) is 2.06. The van der Waals surface area contributed by atoms with Gasteiger partial charge in [0.15, 0.2) is 0 Å². The molecule has 0 fully saturated rings. The summed E-state index contributed by atoms with van der Waals surface area (Å²) in [6.45, 7) is 0. The van der Waals surface area contributed by atoms with Crippen LogP contribution in [0.1, 0.15) is 10.5 Å². The van der Waals surface area contributed by atoms with Gasteiger partial charge in [-0.1, -0.05) is 12.1 Å². The van der Waals surface area contributed by atoms with Crippen LogP contribution in [-0.4, -0.2) is 26.5 Å². The third kappa shape index (κ3) is 6.38. The molecule has 1 aromatic carbocycles. The predicted molar refractivity (Wildman–Crippen MR) is 77.8 cm³/mol. The largest absolute Gasteiger partial charge is 0.693 e. The molecule has 0 unspecified atom stereocenters. The van der Waals surface area contributed by atoms with Crippen LogP contribution >= 0.6 is 18.8 Å². The summed E-state index contributed by atoms with van der Waals surface area (Å²) in [4.78, 5) is 23.2. The number of nitro groups is 1. The van der Waals surface area contributed by atoms with Gasteiger partial charge in [-0.15, -0.1) is 0 Å². The number of carbonyl (C=O) groups is 1. The predicted octanol–water partition coefficient (Wildman–Crippen LogP) is 3.76. The number of aromatic amines is 1. The molecule has 0 saturated carbocycles. The van der Waals surface area contributed by atoms with E-state index in [0.717, 1.165) is 0 Å². The fraction of sp³-hybridized carbons (Fsp3) is 0. The average molecular weight is 522 g/mol. The third-order valence-electron chi connectivity index (χ3n) is 2.06. The van der Waals surface area contributed by atoms with E-state index in [1.807, 2.05) is 0 Å². The number of hydrogen-bond acceptors (Lipinski definition) is 3. The Morgan fingerprint density at radius 2 is 1.86 bits per heavy atom. The van der Waals surface area contributed by atoms with Crippen LogP contribution in [0.15, 0.2) is 24.3 Å². The molecule has 12 heteroatoms. The SMILES string of the molecule is O.O=C(O)c1cc2cccc([N+](=O)[O-])c2[nH]1.[Cl][Pt+2][Cl].[NH2-].[NH2-]. The fourth-order valence-electron chi connectivity index (χ4n) is 1.41. The number of non-ortho nitro benzene ring substituents is 1. The minimum atomic E-state index is -1.14. The number of hydrogen-bond donors (Lipinski definition) is 2. The van der Waals surface area contributed by atoms with Gasteiger partial charge >= 0.3 is 41.3 Å². The van der Waals surface area contributed by atoms with Crippen molar-refractivity contribution in [1.82, 2.24) is 4.98 Å². The Morgan fingerprint density at radius 1 is 1.33 bits per heavy atom. The first-order valence-electron chi connectivity index (χ1n) is 4.33. The summed E-state index contributed by atoms with van der Waals surface area (Å²) in [6, 6.07) is 5.82. The maximum Gasteiger partial charge on any atom is -0.693 e. The molecule has 1 heterocycles. The molecule has 9 nitrogen and oxygen atoms in total. The zero-order valence-corrected chi connectivity index (χ0v) is 13.9. The van der Waals surface area contributed by atoms with Crippen LogP contribution < -0.4 is 0 Å². The number of nitro benzene ring substituents is 1. The van der Waals surface area contributed by atoms with Crippen LogP contribution in [0.5, 0.6) is 0 Å².